The van der Waals surface area contributed by atoms with E-state index in [-0.39, 0.29) is 0 Å². The molecule has 18 heavy (non-hydrogen) atoms. The molecule has 1 aromatic carbocycles. The van der Waals surface area contributed by atoms with E-state index in [1.165, 1.54) is 24.8 Å². The lowest BCUT2D eigenvalue weighted by atomic mass is 10.1. The van der Waals surface area contributed by atoms with Crippen molar-refractivity contribution >= 4 is 17.3 Å². The zero-order valence-corrected chi connectivity index (χ0v) is 11.2. The second-order valence-corrected chi connectivity index (χ2v) is 5.64. The molecule has 1 saturated heterocycles. The number of hydrogen-bond acceptors (Lipinski definition) is 3. The van der Waals surface area contributed by atoms with Crippen molar-refractivity contribution < 1.29 is 4.74 Å². The molecule has 3 nitrogen and oxygen atoms in total. The van der Waals surface area contributed by atoms with Crippen molar-refractivity contribution in [2.75, 3.05) is 18.9 Å². The zero-order valence-electron chi connectivity index (χ0n) is 10.4. The SMILES string of the molecule is Nc1ccc(CN2CCOC3CCCC32)cc1Cl. The van der Waals surface area contributed by atoms with Crippen LogP contribution in [0.1, 0.15) is 24.8 Å². The Morgan fingerprint density at radius 1 is 1.39 bits per heavy atom. The molecule has 1 heterocycles. The average molecular weight is 267 g/mol. The van der Waals surface area contributed by atoms with Crippen LogP contribution in [0.25, 0.3) is 0 Å². The van der Waals surface area contributed by atoms with Crippen LogP contribution in [0.4, 0.5) is 5.69 Å². The van der Waals surface area contributed by atoms with Crippen molar-refractivity contribution in [3.05, 3.63) is 28.8 Å². The van der Waals surface area contributed by atoms with Crippen LogP contribution >= 0.6 is 11.6 Å². The molecule has 4 heteroatoms. The zero-order chi connectivity index (χ0) is 12.5. The second-order valence-electron chi connectivity index (χ2n) is 5.23. The number of hydrogen-bond donors (Lipinski definition) is 1. The van der Waals surface area contributed by atoms with Gasteiger partial charge in [-0.2, -0.15) is 0 Å². The molecule has 0 amide bonds. The normalized spacial score (nSPS) is 28.3. The molecule has 0 radical (unpaired) electrons. The topological polar surface area (TPSA) is 38.5 Å². The van der Waals surface area contributed by atoms with Crippen LogP contribution in [0.15, 0.2) is 18.2 Å². The van der Waals surface area contributed by atoms with Gasteiger partial charge in [-0.05, 0) is 37.0 Å². The Balaban J connectivity index is 1.73. The van der Waals surface area contributed by atoms with Gasteiger partial charge in [-0.3, -0.25) is 4.90 Å². The first-order valence-corrected chi connectivity index (χ1v) is 7.01. The maximum atomic E-state index is 6.07. The highest BCUT2D eigenvalue weighted by molar-refractivity contribution is 6.33. The monoisotopic (exact) mass is 266 g/mol. The minimum atomic E-state index is 0.447. The third-order valence-electron chi connectivity index (χ3n) is 4.05. The van der Waals surface area contributed by atoms with Gasteiger partial charge in [0.05, 0.1) is 23.4 Å². The molecular weight excluding hydrogens is 248 g/mol. The number of benzene rings is 1. The molecule has 2 unspecified atom stereocenters. The van der Waals surface area contributed by atoms with Crippen LogP contribution in [0, 0.1) is 0 Å². The van der Waals surface area contributed by atoms with Crippen LogP contribution < -0.4 is 5.73 Å². The number of morpholine rings is 1. The Hall–Kier alpha value is -0.770. The maximum absolute atomic E-state index is 6.07. The lowest BCUT2D eigenvalue weighted by Gasteiger charge is -2.37. The van der Waals surface area contributed by atoms with E-state index in [9.17, 15) is 0 Å². The average Bonchev–Trinajstić information content (AvgIpc) is 2.83. The number of fused-ring (bicyclic) bond motifs is 1. The molecule has 1 saturated carbocycles. The highest BCUT2D eigenvalue weighted by atomic mass is 35.5. The first-order chi connectivity index (χ1) is 8.74. The lowest BCUT2D eigenvalue weighted by molar-refractivity contribution is -0.0588. The molecule has 98 valence electrons. The fraction of sp³-hybridized carbons (Fsp3) is 0.571. The Morgan fingerprint density at radius 2 is 2.28 bits per heavy atom. The molecular formula is C14H19ClN2O. The van der Waals surface area contributed by atoms with Gasteiger partial charge in [0.1, 0.15) is 0 Å². The van der Waals surface area contributed by atoms with Gasteiger partial charge < -0.3 is 10.5 Å². The molecule has 1 aromatic rings. The van der Waals surface area contributed by atoms with Gasteiger partial charge in [0, 0.05) is 19.1 Å². The van der Waals surface area contributed by atoms with E-state index >= 15 is 0 Å². The van der Waals surface area contributed by atoms with Crippen LogP contribution in [0.5, 0.6) is 0 Å². The summed E-state index contributed by atoms with van der Waals surface area (Å²) in [5, 5.41) is 0.656. The standard InChI is InChI=1S/C14H19ClN2O/c15-11-8-10(4-5-12(11)16)9-17-6-7-18-14-3-1-2-13(14)17/h4-5,8,13-14H,1-3,6-7,9,16H2. The van der Waals surface area contributed by atoms with Gasteiger partial charge in [-0.15, -0.1) is 0 Å². The van der Waals surface area contributed by atoms with E-state index in [4.69, 9.17) is 22.1 Å². The first kappa shape index (κ1) is 12.3. The van der Waals surface area contributed by atoms with Crippen molar-refractivity contribution in [3.63, 3.8) is 0 Å². The molecule has 3 rings (SSSR count). The molecule has 0 aromatic heterocycles. The highest BCUT2D eigenvalue weighted by Crippen LogP contribution is 2.31. The van der Waals surface area contributed by atoms with E-state index in [2.05, 4.69) is 11.0 Å². The minimum Gasteiger partial charge on any atom is -0.398 e. The van der Waals surface area contributed by atoms with E-state index in [1.807, 2.05) is 12.1 Å². The van der Waals surface area contributed by atoms with Gasteiger partial charge in [0.15, 0.2) is 0 Å². The third kappa shape index (κ3) is 2.35. The summed E-state index contributed by atoms with van der Waals surface area (Å²) in [5.41, 5.74) is 7.63. The molecule has 2 aliphatic rings. The van der Waals surface area contributed by atoms with Crippen LogP contribution in [-0.2, 0) is 11.3 Å². The van der Waals surface area contributed by atoms with Gasteiger partial charge in [-0.1, -0.05) is 17.7 Å². The smallest absolute Gasteiger partial charge is 0.0731 e. The van der Waals surface area contributed by atoms with Gasteiger partial charge >= 0.3 is 0 Å². The van der Waals surface area contributed by atoms with Crippen LogP contribution in [0.2, 0.25) is 5.02 Å². The van der Waals surface area contributed by atoms with Crippen LogP contribution in [0.3, 0.4) is 0 Å². The van der Waals surface area contributed by atoms with Gasteiger partial charge in [0.25, 0.3) is 0 Å². The van der Waals surface area contributed by atoms with Crippen molar-refractivity contribution in [2.24, 2.45) is 0 Å². The molecule has 2 N–H and O–H groups in total. The Labute approximate surface area is 113 Å². The Bertz CT molecular complexity index is 438. The van der Waals surface area contributed by atoms with Gasteiger partial charge in [0.2, 0.25) is 0 Å². The Kier molecular flexibility index (Phi) is 3.46. The summed E-state index contributed by atoms with van der Waals surface area (Å²) in [6.07, 6.45) is 4.20. The summed E-state index contributed by atoms with van der Waals surface area (Å²) < 4.78 is 5.82. The summed E-state index contributed by atoms with van der Waals surface area (Å²) >= 11 is 6.07. The van der Waals surface area contributed by atoms with E-state index in [0.717, 1.165) is 19.7 Å². The first-order valence-electron chi connectivity index (χ1n) is 6.63. The lowest BCUT2D eigenvalue weighted by Crippen LogP contribution is -2.47. The summed E-state index contributed by atoms with van der Waals surface area (Å²) in [6.45, 7) is 2.82. The summed E-state index contributed by atoms with van der Waals surface area (Å²) in [4.78, 5) is 2.53. The minimum absolute atomic E-state index is 0.447. The predicted octanol–water partition coefficient (Wildman–Crippen LogP) is 2.68. The molecule has 1 aliphatic carbocycles. The summed E-state index contributed by atoms with van der Waals surface area (Å²) in [7, 11) is 0. The number of ether oxygens (including phenoxy) is 1. The van der Waals surface area contributed by atoms with E-state index in [1.54, 1.807) is 0 Å². The fourth-order valence-electron chi connectivity index (χ4n) is 3.11. The maximum Gasteiger partial charge on any atom is 0.0731 e. The molecule has 0 bridgehead atoms. The summed E-state index contributed by atoms with van der Waals surface area (Å²) in [6, 6.07) is 6.54. The van der Waals surface area contributed by atoms with Crippen molar-refractivity contribution in [1.29, 1.82) is 0 Å². The van der Waals surface area contributed by atoms with Crippen molar-refractivity contribution in [3.8, 4) is 0 Å². The molecule has 1 aliphatic heterocycles. The highest BCUT2D eigenvalue weighted by Gasteiger charge is 2.35. The molecule has 2 atom stereocenters. The van der Waals surface area contributed by atoms with Crippen molar-refractivity contribution in [1.82, 2.24) is 4.90 Å². The number of nitrogens with zero attached hydrogens (tertiary/aromatic N) is 1. The largest absolute Gasteiger partial charge is 0.398 e. The Morgan fingerprint density at radius 3 is 3.11 bits per heavy atom. The molecule has 2 fully saturated rings. The fourth-order valence-corrected chi connectivity index (χ4v) is 3.31. The second kappa shape index (κ2) is 5.08. The molecule has 0 spiro atoms. The van der Waals surface area contributed by atoms with Crippen molar-refractivity contribution in [2.45, 2.75) is 38.0 Å². The summed E-state index contributed by atoms with van der Waals surface area (Å²) in [5.74, 6) is 0. The number of nitrogen functional groups attached to an aromatic ring is 1. The third-order valence-corrected chi connectivity index (χ3v) is 4.37. The number of halogens is 1. The van der Waals surface area contributed by atoms with Gasteiger partial charge in [-0.25, -0.2) is 0 Å². The number of rotatable bonds is 2. The number of anilines is 1. The van der Waals surface area contributed by atoms with E-state index in [0.29, 0.717) is 22.9 Å². The number of nitrogens with two attached hydrogens (primary N) is 1. The predicted molar refractivity (Wildman–Crippen MR) is 73.7 cm³/mol. The van der Waals surface area contributed by atoms with Crippen LogP contribution in [-0.4, -0.2) is 30.2 Å². The van der Waals surface area contributed by atoms with E-state index < -0.39 is 0 Å². The quantitative estimate of drug-likeness (QED) is 0.837.